The minimum absolute atomic E-state index is 0.0365. The van der Waals surface area contributed by atoms with Crippen molar-refractivity contribution in [2.24, 2.45) is 11.1 Å². The molecule has 3 N–H and O–H groups in total. The van der Waals surface area contributed by atoms with Crippen molar-refractivity contribution in [3.05, 3.63) is 59.7 Å². The number of para-hydroxylation sites is 1. The molecular weight excluding hydrogens is 366 g/mol. The van der Waals surface area contributed by atoms with E-state index >= 15 is 0 Å². The third-order valence-corrected chi connectivity index (χ3v) is 5.92. The second kappa shape index (κ2) is 7.52. The summed E-state index contributed by atoms with van der Waals surface area (Å²) in [5.74, 6) is 0.504. The average molecular weight is 393 g/mol. The lowest BCUT2D eigenvalue weighted by Crippen LogP contribution is -2.54. The fraction of sp³-hybridized carbons (Fsp3) is 0.391. The van der Waals surface area contributed by atoms with Crippen molar-refractivity contribution in [1.29, 1.82) is 0 Å². The minimum atomic E-state index is -0.559. The number of anilines is 1. The first-order chi connectivity index (χ1) is 13.8. The van der Waals surface area contributed by atoms with Crippen LogP contribution >= 0.6 is 0 Å². The standard InChI is InChI=1S/C23H27N3O3/c1-23(2)14-26(11-10-20(23)24)22(28)16-7-5-8-17(12-16)25-21(27)19-13-15-6-3-4-9-18(15)29-19/h3-9,12,19-20H,10-11,13-14,24H2,1-2H3,(H,25,27). The second-order valence-electron chi connectivity index (χ2n) is 8.60. The Morgan fingerprint density at radius 1 is 1.17 bits per heavy atom. The predicted octanol–water partition coefficient (Wildman–Crippen LogP) is 2.83. The molecule has 2 aromatic rings. The van der Waals surface area contributed by atoms with Crippen LogP contribution in [0.2, 0.25) is 0 Å². The Bertz CT molecular complexity index is 915. The topological polar surface area (TPSA) is 84.7 Å². The Morgan fingerprint density at radius 3 is 2.72 bits per heavy atom. The van der Waals surface area contributed by atoms with Crippen LogP contribution in [0.15, 0.2) is 48.5 Å². The van der Waals surface area contributed by atoms with Gasteiger partial charge in [-0.1, -0.05) is 38.1 Å². The van der Waals surface area contributed by atoms with E-state index in [0.29, 0.717) is 30.8 Å². The summed E-state index contributed by atoms with van der Waals surface area (Å²) in [5, 5.41) is 2.89. The van der Waals surface area contributed by atoms with Crippen LogP contribution in [-0.2, 0) is 11.2 Å². The molecule has 1 fully saturated rings. The van der Waals surface area contributed by atoms with Crippen molar-refractivity contribution in [2.75, 3.05) is 18.4 Å². The van der Waals surface area contributed by atoms with Crippen molar-refractivity contribution in [3.8, 4) is 5.75 Å². The molecule has 2 heterocycles. The van der Waals surface area contributed by atoms with Crippen molar-refractivity contribution in [1.82, 2.24) is 4.90 Å². The van der Waals surface area contributed by atoms with Gasteiger partial charge in [0.25, 0.3) is 11.8 Å². The van der Waals surface area contributed by atoms with Crippen LogP contribution in [-0.4, -0.2) is 41.9 Å². The van der Waals surface area contributed by atoms with Gasteiger partial charge < -0.3 is 20.7 Å². The van der Waals surface area contributed by atoms with Gasteiger partial charge in [-0.15, -0.1) is 0 Å². The van der Waals surface area contributed by atoms with Gasteiger partial charge in [-0.25, -0.2) is 0 Å². The minimum Gasteiger partial charge on any atom is -0.480 e. The van der Waals surface area contributed by atoms with Crippen molar-refractivity contribution in [3.63, 3.8) is 0 Å². The Morgan fingerprint density at radius 2 is 1.97 bits per heavy atom. The highest BCUT2D eigenvalue weighted by Crippen LogP contribution is 2.30. The molecule has 0 saturated carbocycles. The molecule has 2 amide bonds. The van der Waals surface area contributed by atoms with Gasteiger partial charge in [0, 0.05) is 36.8 Å². The lowest BCUT2D eigenvalue weighted by molar-refractivity contribution is -0.122. The predicted molar refractivity (Wildman–Crippen MR) is 112 cm³/mol. The lowest BCUT2D eigenvalue weighted by Gasteiger charge is -2.42. The van der Waals surface area contributed by atoms with Crippen molar-refractivity contribution >= 4 is 17.5 Å². The van der Waals surface area contributed by atoms with Crippen LogP contribution in [0.5, 0.6) is 5.75 Å². The number of fused-ring (bicyclic) bond motifs is 1. The summed E-state index contributed by atoms with van der Waals surface area (Å²) in [5.41, 5.74) is 8.25. The molecule has 4 rings (SSSR count). The van der Waals surface area contributed by atoms with Crippen LogP contribution in [0.25, 0.3) is 0 Å². The summed E-state index contributed by atoms with van der Waals surface area (Å²) in [6.07, 6.45) is 0.773. The molecule has 0 aliphatic carbocycles. The van der Waals surface area contributed by atoms with E-state index in [4.69, 9.17) is 10.5 Å². The smallest absolute Gasteiger partial charge is 0.265 e. The molecule has 0 radical (unpaired) electrons. The first-order valence-corrected chi connectivity index (χ1v) is 10.0. The van der Waals surface area contributed by atoms with E-state index in [2.05, 4.69) is 19.2 Å². The van der Waals surface area contributed by atoms with Gasteiger partial charge in [-0.3, -0.25) is 9.59 Å². The summed E-state index contributed by atoms with van der Waals surface area (Å²) in [7, 11) is 0. The number of carbonyl (C=O) groups excluding carboxylic acids is 2. The summed E-state index contributed by atoms with van der Waals surface area (Å²) in [6, 6.07) is 14.8. The zero-order valence-electron chi connectivity index (χ0n) is 16.9. The fourth-order valence-corrected chi connectivity index (χ4v) is 4.01. The van der Waals surface area contributed by atoms with E-state index in [1.54, 1.807) is 24.3 Å². The number of nitrogens with one attached hydrogen (secondary N) is 1. The quantitative estimate of drug-likeness (QED) is 0.840. The highest BCUT2D eigenvalue weighted by Gasteiger charge is 2.35. The molecule has 2 atom stereocenters. The number of nitrogens with two attached hydrogens (primary N) is 1. The molecule has 29 heavy (non-hydrogen) atoms. The average Bonchev–Trinajstić information content (AvgIpc) is 3.14. The maximum atomic E-state index is 13.0. The normalized spacial score (nSPS) is 22.5. The van der Waals surface area contributed by atoms with E-state index in [1.165, 1.54) is 0 Å². The molecule has 2 aliphatic rings. The van der Waals surface area contributed by atoms with Crippen molar-refractivity contribution in [2.45, 2.75) is 38.8 Å². The first-order valence-electron chi connectivity index (χ1n) is 10.0. The second-order valence-corrected chi connectivity index (χ2v) is 8.60. The largest absolute Gasteiger partial charge is 0.480 e. The Kier molecular flexibility index (Phi) is 5.04. The third kappa shape index (κ3) is 3.98. The molecule has 2 aromatic carbocycles. The van der Waals surface area contributed by atoms with Crippen molar-refractivity contribution < 1.29 is 14.3 Å². The molecule has 0 bridgehead atoms. The zero-order chi connectivity index (χ0) is 20.6. The number of rotatable bonds is 3. The number of hydrogen-bond donors (Lipinski definition) is 2. The maximum absolute atomic E-state index is 13.0. The number of ether oxygens (including phenoxy) is 1. The summed E-state index contributed by atoms with van der Waals surface area (Å²) < 4.78 is 5.75. The maximum Gasteiger partial charge on any atom is 0.265 e. The number of piperidine rings is 1. The number of amides is 2. The Labute approximate surface area is 171 Å². The van der Waals surface area contributed by atoms with Gasteiger partial charge in [0.1, 0.15) is 5.75 Å². The van der Waals surface area contributed by atoms with Gasteiger partial charge >= 0.3 is 0 Å². The molecule has 0 spiro atoms. The number of benzene rings is 2. The highest BCUT2D eigenvalue weighted by atomic mass is 16.5. The number of nitrogens with zero attached hydrogens (tertiary/aromatic N) is 1. The summed E-state index contributed by atoms with van der Waals surface area (Å²) in [4.78, 5) is 27.5. The van der Waals surface area contributed by atoms with Crippen LogP contribution in [0.1, 0.15) is 36.2 Å². The molecule has 2 unspecified atom stereocenters. The molecule has 2 aliphatic heterocycles. The summed E-state index contributed by atoms with van der Waals surface area (Å²) >= 11 is 0. The molecule has 152 valence electrons. The van der Waals surface area contributed by atoms with Crippen LogP contribution in [0.4, 0.5) is 5.69 Å². The van der Waals surface area contributed by atoms with Gasteiger partial charge in [0.05, 0.1) is 0 Å². The van der Waals surface area contributed by atoms with Crippen LogP contribution in [0, 0.1) is 5.41 Å². The summed E-state index contributed by atoms with van der Waals surface area (Å²) in [6.45, 7) is 5.45. The van der Waals surface area contributed by atoms with Crippen LogP contribution in [0.3, 0.4) is 0 Å². The molecular formula is C23H27N3O3. The first kappa shape index (κ1) is 19.5. The number of likely N-dealkylation sites (tertiary alicyclic amines) is 1. The zero-order valence-corrected chi connectivity index (χ0v) is 16.9. The Balaban J connectivity index is 1.43. The molecule has 0 aromatic heterocycles. The van der Waals surface area contributed by atoms with Gasteiger partial charge in [-0.05, 0) is 41.7 Å². The van der Waals surface area contributed by atoms with Crippen LogP contribution < -0.4 is 15.8 Å². The highest BCUT2D eigenvalue weighted by molar-refractivity contribution is 5.98. The van der Waals surface area contributed by atoms with E-state index in [9.17, 15) is 9.59 Å². The van der Waals surface area contributed by atoms with Gasteiger partial charge in [0.2, 0.25) is 0 Å². The molecule has 6 nitrogen and oxygen atoms in total. The molecule has 6 heteroatoms. The third-order valence-electron chi connectivity index (χ3n) is 5.92. The van der Waals surface area contributed by atoms with E-state index in [0.717, 1.165) is 17.7 Å². The fourth-order valence-electron chi connectivity index (χ4n) is 4.01. The lowest BCUT2D eigenvalue weighted by atomic mass is 9.79. The van der Waals surface area contributed by atoms with Gasteiger partial charge in [-0.2, -0.15) is 0 Å². The monoisotopic (exact) mass is 393 g/mol. The van der Waals surface area contributed by atoms with Gasteiger partial charge in [0.15, 0.2) is 6.10 Å². The SMILES string of the molecule is CC1(C)CN(C(=O)c2cccc(NC(=O)C3Cc4ccccc4O3)c2)CCC1N. The van der Waals surface area contributed by atoms with E-state index < -0.39 is 6.10 Å². The molecule has 1 saturated heterocycles. The Hall–Kier alpha value is -2.86. The number of carbonyl (C=O) groups is 2. The van der Waals surface area contributed by atoms with E-state index in [-0.39, 0.29) is 23.3 Å². The van der Waals surface area contributed by atoms with E-state index in [1.807, 2.05) is 29.2 Å². The number of hydrogen-bond acceptors (Lipinski definition) is 4.